The van der Waals surface area contributed by atoms with Crippen molar-refractivity contribution in [2.75, 3.05) is 19.8 Å². The molecule has 0 aliphatic carbocycles. The largest absolute Gasteiger partial charge is 0.464 e. The molecule has 0 aromatic carbocycles. The van der Waals surface area contributed by atoms with Gasteiger partial charge in [0.2, 0.25) is 0 Å². The lowest BCUT2D eigenvalue weighted by atomic mass is 10.1. The minimum absolute atomic E-state index is 0.173. The number of rotatable bonds is 3. The fourth-order valence-electron chi connectivity index (χ4n) is 2.06. The molecule has 1 rings (SSSR count). The Morgan fingerprint density at radius 3 is 2.60 bits per heavy atom. The van der Waals surface area contributed by atoms with Crippen molar-refractivity contribution < 1.29 is 24.2 Å². The maximum atomic E-state index is 12.1. The van der Waals surface area contributed by atoms with Crippen molar-refractivity contribution in [1.29, 1.82) is 0 Å². The summed E-state index contributed by atoms with van der Waals surface area (Å²) in [5.74, 6) is -0.490. The molecule has 1 aliphatic rings. The molecule has 6 heteroatoms. The number of aliphatic hydroxyl groups is 1. The third-order valence-electron chi connectivity index (χ3n) is 2.80. The number of amides is 1. The lowest BCUT2D eigenvalue weighted by molar-refractivity contribution is -0.147. The van der Waals surface area contributed by atoms with Crippen molar-refractivity contribution in [3.63, 3.8) is 0 Å². The Bertz CT molecular complexity index is 397. The standard InChI is InChI=1S/C14H23NO5/c1-5-19-12(17)11-10(7-9-16)6-8-15(11)13(18)20-14(2,3)4/h7,11,16H,5-6,8-9H2,1-4H3. The number of hydrogen-bond acceptors (Lipinski definition) is 5. The Morgan fingerprint density at radius 1 is 1.45 bits per heavy atom. The fraction of sp³-hybridized carbons (Fsp3) is 0.714. The van der Waals surface area contributed by atoms with Crippen molar-refractivity contribution in [3.05, 3.63) is 11.6 Å². The van der Waals surface area contributed by atoms with Gasteiger partial charge in [0.05, 0.1) is 13.2 Å². The maximum absolute atomic E-state index is 12.1. The third-order valence-corrected chi connectivity index (χ3v) is 2.80. The summed E-state index contributed by atoms with van der Waals surface area (Å²) in [5, 5.41) is 9.00. The highest BCUT2D eigenvalue weighted by Crippen LogP contribution is 2.26. The van der Waals surface area contributed by atoms with Crippen LogP contribution in [0.4, 0.5) is 4.79 Å². The van der Waals surface area contributed by atoms with Crippen LogP contribution in [0.25, 0.3) is 0 Å². The second-order valence-corrected chi connectivity index (χ2v) is 5.54. The Balaban J connectivity index is 2.91. The summed E-state index contributed by atoms with van der Waals surface area (Å²) >= 11 is 0. The van der Waals surface area contributed by atoms with Gasteiger partial charge in [-0.25, -0.2) is 9.59 Å². The van der Waals surface area contributed by atoms with Gasteiger partial charge < -0.3 is 14.6 Å². The molecule has 6 nitrogen and oxygen atoms in total. The zero-order valence-corrected chi connectivity index (χ0v) is 12.5. The van der Waals surface area contributed by atoms with Crippen LogP contribution < -0.4 is 0 Å². The molecule has 0 radical (unpaired) electrons. The van der Waals surface area contributed by atoms with E-state index in [9.17, 15) is 9.59 Å². The number of nitrogens with zero attached hydrogens (tertiary/aromatic N) is 1. The van der Waals surface area contributed by atoms with Crippen LogP contribution in [0.15, 0.2) is 11.6 Å². The molecule has 1 amide bonds. The Kier molecular flexibility index (Phi) is 5.56. The predicted molar refractivity (Wildman–Crippen MR) is 73.1 cm³/mol. The first-order valence-corrected chi connectivity index (χ1v) is 6.76. The molecule has 0 aromatic heterocycles. The van der Waals surface area contributed by atoms with E-state index in [1.165, 1.54) is 4.90 Å². The normalized spacial score (nSPS) is 21.1. The highest BCUT2D eigenvalue weighted by Gasteiger charge is 2.40. The molecule has 1 N–H and O–H groups in total. The van der Waals surface area contributed by atoms with E-state index >= 15 is 0 Å². The minimum Gasteiger partial charge on any atom is -0.464 e. The van der Waals surface area contributed by atoms with Crippen molar-refractivity contribution in [3.8, 4) is 0 Å². The fourth-order valence-corrected chi connectivity index (χ4v) is 2.06. The highest BCUT2D eigenvalue weighted by molar-refractivity contribution is 5.85. The zero-order chi connectivity index (χ0) is 15.3. The molecule has 1 saturated heterocycles. The van der Waals surface area contributed by atoms with E-state index in [1.54, 1.807) is 33.8 Å². The molecule has 1 unspecified atom stereocenters. The van der Waals surface area contributed by atoms with Crippen molar-refractivity contribution >= 4 is 12.1 Å². The van der Waals surface area contributed by atoms with Gasteiger partial charge in [-0.05, 0) is 39.7 Å². The van der Waals surface area contributed by atoms with Crippen LogP contribution in [0.3, 0.4) is 0 Å². The Labute approximate surface area is 119 Å². The van der Waals surface area contributed by atoms with Gasteiger partial charge in [-0.1, -0.05) is 6.08 Å². The van der Waals surface area contributed by atoms with Crippen LogP contribution in [0.1, 0.15) is 34.1 Å². The van der Waals surface area contributed by atoms with Crippen LogP contribution in [0.5, 0.6) is 0 Å². The van der Waals surface area contributed by atoms with E-state index in [4.69, 9.17) is 14.6 Å². The first-order valence-electron chi connectivity index (χ1n) is 6.76. The summed E-state index contributed by atoms with van der Waals surface area (Å²) in [6.07, 6.45) is 1.53. The van der Waals surface area contributed by atoms with E-state index in [1.807, 2.05) is 0 Å². The molecule has 20 heavy (non-hydrogen) atoms. The number of likely N-dealkylation sites (tertiary alicyclic amines) is 1. The molecule has 114 valence electrons. The summed E-state index contributed by atoms with van der Waals surface area (Å²) in [7, 11) is 0. The molecule has 1 atom stereocenters. The summed E-state index contributed by atoms with van der Waals surface area (Å²) in [5.41, 5.74) is 0.0662. The average molecular weight is 285 g/mol. The molecule has 0 aromatic rings. The van der Waals surface area contributed by atoms with Gasteiger partial charge in [0.15, 0.2) is 6.04 Å². The number of ether oxygens (including phenoxy) is 2. The lowest BCUT2D eigenvalue weighted by Crippen LogP contribution is -2.44. The lowest BCUT2D eigenvalue weighted by Gasteiger charge is -2.27. The summed E-state index contributed by atoms with van der Waals surface area (Å²) < 4.78 is 10.3. The van der Waals surface area contributed by atoms with Crippen LogP contribution in [0.2, 0.25) is 0 Å². The Morgan fingerprint density at radius 2 is 2.10 bits per heavy atom. The predicted octanol–water partition coefficient (Wildman–Crippen LogP) is 1.48. The van der Waals surface area contributed by atoms with Gasteiger partial charge in [-0.3, -0.25) is 4.90 Å². The van der Waals surface area contributed by atoms with Gasteiger partial charge in [-0.2, -0.15) is 0 Å². The van der Waals surface area contributed by atoms with Crippen molar-refractivity contribution in [2.45, 2.75) is 45.8 Å². The molecule has 1 aliphatic heterocycles. The first-order chi connectivity index (χ1) is 9.30. The third kappa shape index (κ3) is 4.23. The van der Waals surface area contributed by atoms with E-state index in [0.717, 1.165) is 0 Å². The summed E-state index contributed by atoms with van der Waals surface area (Å²) in [4.78, 5) is 25.5. The van der Waals surface area contributed by atoms with E-state index in [-0.39, 0.29) is 13.2 Å². The number of carbonyl (C=O) groups is 2. The van der Waals surface area contributed by atoms with Gasteiger partial charge in [0.25, 0.3) is 0 Å². The molecular weight excluding hydrogens is 262 g/mol. The molecule has 1 heterocycles. The van der Waals surface area contributed by atoms with Gasteiger partial charge >= 0.3 is 12.1 Å². The number of aliphatic hydroxyl groups excluding tert-OH is 1. The van der Waals surface area contributed by atoms with E-state index in [2.05, 4.69) is 0 Å². The van der Waals surface area contributed by atoms with Crippen LogP contribution in [-0.2, 0) is 14.3 Å². The quantitative estimate of drug-likeness (QED) is 0.628. The summed E-state index contributed by atoms with van der Waals surface area (Å²) in [6.45, 7) is 7.46. The zero-order valence-electron chi connectivity index (χ0n) is 12.5. The highest BCUT2D eigenvalue weighted by atomic mass is 16.6. The van der Waals surface area contributed by atoms with Crippen molar-refractivity contribution in [2.24, 2.45) is 0 Å². The number of esters is 1. The second kappa shape index (κ2) is 6.74. The van der Waals surface area contributed by atoms with Crippen molar-refractivity contribution in [1.82, 2.24) is 4.90 Å². The second-order valence-electron chi connectivity index (χ2n) is 5.54. The number of hydrogen-bond donors (Lipinski definition) is 1. The van der Waals surface area contributed by atoms with Crippen LogP contribution in [-0.4, -0.2) is 53.5 Å². The average Bonchev–Trinajstić information content (AvgIpc) is 2.71. The minimum atomic E-state index is -0.794. The van der Waals surface area contributed by atoms with Gasteiger partial charge in [0, 0.05) is 6.54 Å². The van der Waals surface area contributed by atoms with Crippen LogP contribution >= 0.6 is 0 Å². The monoisotopic (exact) mass is 285 g/mol. The first kappa shape index (κ1) is 16.5. The van der Waals surface area contributed by atoms with Crippen LogP contribution in [0, 0.1) is 0 Å². The molecule has 0 bridgehead atoms. The smallest absolute Gasteiger partial charge is 0.411 e. The molecule has 0 spiro atoms. The van der Waals surface area contributed by atoms with E-state index < -0.39 is 23.7 Å². The Hall–Kier alpha value is -1.56. The number of carbonyl (C=O) groups excluding carboxylic acids is 2. The van der Waals surface area contributed by atoms with Gasteiger partial charge in [-0.15, -0.1) is 0 Å². The SMILES string of the molecule is CCOC(=O)C1C(=CCO)CCN1C(=O)OC(C)(C)C. The summed E-state index contributed by atoms with van der Waals surface area (Å²) in [6, 6.07) is -0.794. The topological polar surface area (TPSA) is 76.1 Å². The molecule has 1 fully saturated rings. The van der Waals surface area contributed by atoms with Gasteiger partial charge in [0.1, 0.15) is 5.60 Å². The maximum Gasteiger partial charge on any atom is 0.411 e. The van der Waals surface area contributed by atoms with E-state index in [0.29, 0.717) is 18.5 Å². The molecule has 0 saturated carbocycles. The molecular formula is C14H23NO5.